The Bertz CT molecular complexity index is 4210. The van der Waals surface area contributed by atoms with Crippen molar-refractivity contribution in [2.75, 3.05) is 35.0 Å². The number of nitrogens with one attached hydrogen (secondary N) is 3. The molecule has 29 rings (SSSR count). The molecule has 0 aromatic carbocycles. The van der Waals surface area contributed by atoms with Crippen LogP contribution in [0.1, 0.15) is 64.2 Å². The van der Waals surface area contributed by atoms with Crippen molar-refractivity contribution in [1.82, 2.24) is 16.0 Å². The first-order valence-electron chi connectivity index (χ1n) is 42.5. The Morgan fingerprint density at radius 3 is 0.992 bits per heavy atom. The molecule has 0 aromatic rings. The smallest absolute Gasteiger partial charge is 0.320 e. The molecule has 39 nitrogen and oxygen atoms in total. The summed E-state index contributed by atoms with van der Waals surface area (Å²) >= 11 is 1.74. The van der Waals surface area contributed by atoms with Gasteiger partial charge in [0.15, 0.2) is 0 Å². The molecule has 29 aliphatic rings. The lowest BCUT2D eigenvalue weighted by molar-refractivity contribution is -0.169. The van der Waals surface area contributed by atoms with Crippen molar-refractivity contribution in [3.05, 3.63) is 60.8 Å². The highest BCUT2D eigenvalue weighted by atomic mass is 32.2. The summed E-state index contributed by atoms with van der Waals surface area (Å²) in [6.45, 7) is 0.602. The summed E-state index contributed by atoms with van der Waals surface area (Å²) in [6.07, 6.45) is 26.4. The van der Waals surface area contributed by atoms with Crippen LogP contribution in [0, 0.1) is 118 Å². The van der Waals surface area contributed by atoms with Crippen molar-refractivity contribution in [2.24, 2.45) is 118 Å². The summed E-state index contributed by atoms with van der Waals surface area (Å²) < 4.78 is 98.0. The van der Waals surface area contributed by atoms with Crippen LogP contribution in [-0.2, 0) is 167 Å². The Kier molecular flexibility index (Phi) is 21.8. The number of imide groups is 3. The van der Waals surface area contributed by atoms with E-state index in [0.29, 0.717) is 18.6 Å². The van der Waals surface area contributed by atoms with Crippen LogP contribution in [0.4, 0.5) is 0 Å². The van der Waals surface area contributed by atoms with Crippen LogP contribution >= 0.6 is 11.8 Å². The highest BCUT2D eigenvalue weighted by Gasteiger charge is 2.68. The fourth-order valence-corrected chi connectivity index (χ4v) is 26.0. The lowest BCUT2D eigenvalue weighted by Gasteiger charge is -2.20. The Balaban J connectivity index is 0.0000000873. The first-order valence-corrected chi connectivity index (χ1v) is 43.4. The normalized spacial score (nSPS) is 49.0. The van der Waals surface area contributed by atoms with Crippen molar-refractivity contribution in [2.45, 2.75) is 203 Å². The quantitative estimate of drug-likeness (QED) is 0.0807. The summed E-state index contributed by atoms with van der Waals surface area (Å²) in [6, 6.07) is 0. The summed E-state index contributed by atoms with van der Waals surface area (Å²) in [5, 5.41) is 16.9. The summed E-state index contributed by atoms with van der Waals surface area (Å²) in [4.78, 5) is 180. The van der Waals surface area contributed by atoms with Crippen LogP contribution in [0.25, 0.3) is 0 Å². The molecule has 6 amide bonds. The molecule has 124 heavy (non-hydrogen) atoms. The Morgan fingerprint density at radius 2 is 0.613 bits per heavy atom. The molecule has 0 radical (unpaired) electrons. The number of aliphatic hydroxyl groups is 1. The molecule has 4 N–H and O–H groups in total. The van der Waals surface area contributed by atoms with Crippen LogP contribution in [0.5, 0.6) is 0 Å². The van der Waals surface area contributed by atoms with Crippen LogP contribution in [0.3, 0.4) is 0 Å². The highest BCUT2D eigenvalue weighted by molar-refractivity contribution is 8.01. The Labute approximate surface area is 709 Å². The second kappa shape index (κ2) is 32.4. The van der Waals surface area contributed by atoms with E-state index in [-0.39, 0.29) is 299 Å². The standard InChI is InChI=1S/C10H12O5.2C9H12O4.2C8H7NO3.C8H7NO2S.C8H10O4.C8H8O4.C8H6O4.C8H10O3/c1-13-9(11)7-5-3-4-6(15-5)8(7)10(12)14-2;2*1-11-9-7-5-3-2-4(12-5)6(7)8(10)13-9;3*10-7-5-3-1-2-4(12-3)6(5)8(11)9-7;3*9-7-5-3-1-2-4(11-3)6(5)8(10)12-7;9-8-7-4(3-10-8)5-1-2-6(7)11-5/h3-8H,1-2H3;2*4-7,9H,2-3H2,1H3;3*1-6H,(H,9,10,11);3-7,9H,1-2H2;3-6H,1-2H2;1-6H;4-7H,1-3H2/t;2*4?,5?,6?,7?,9-;;;;;;;/m.10......./s1. The van der Waals surface area contributed by atoms with E-state index in [1.807, 2.05) is 36.5 Å². The molecule has 0 aliphatic carbocycles. The molecule has 29 heterocycles. The number of cyclic esters (lactones) is 8. The van der Waals surface area contributed by atoms with E-state index >= 15 is 0 Å². The molecule has 24 fully saturated rings. The average molecular weight is 1750 g/mol. The monoisotopic (exact) mass is 1750 g/mol. The van der Waals surface area contributed by atoms with E-state index in [1.165, 1.54) is 14.2 Å². The van der Waals surface area contributed by atoms with Crippen molar-refractivity contribution in [3.8, 4) is 0 Å². The Morgan fingerprint density at radius 1 is 0.315 bits per heavy atom. The predicted octanol–water partition coefficient (Wildman–Crippen LogP) is -1.63. The molecule has 20 bridgehead atoms. The number of hydrogen-bond donors (Lipinski definition) is 4. The third kappa shape index (κ3) is 13.7. The van der Waals surface area contributed by atoms with E-state index in [2.05, 4.69) is 47.0 Å². The van der Waals surface area contributed by atoms with Crippen molar-refractivity contribution in [3.63, 3.8) is 0 Å². The number of fused-ring (bicyclic) bond motifs is 47. The third-order valence-corrected chi connectivity index (χ3v) is 31.3. The lowest BCUT2D eigenvalue weighted by Crippen LogP contribution is -2.37. The van der Waals surface area contributed by atoms with Gasteiger partial charge in [0.05, 0.1) is 219 Å². The molecule has 29 aliphatic heterocycles. The van der Waals surface area contributed by atoms with E-state index in [9.17, 15) is 81.8 Å². The highest BCUT2D eigenvalue weighted by Crippen LogP contribution is 2.56. The summed E-state index contributed by atoms with van der Waals surface area (Å²) in [7, 11) is 5.75. The van der Waals surface area contributed by atoms with Gasteiger partial charge < -0.3 is 95.1 Å². The topological polar surface area (TPSA) is 505 Å². The van der Waals surface area contributed by atoms with Gasteiger partial charge in [0.25, 0.3) is 0 Å². The zero-order valence-corrected chi connectivity index (χ0v) is 67.8. The van der Waals surface area contributed by atoms with Gasteiger partial charge in [-0.3, -0.25) is 92.7 Å². The summed E-state index contributed by atoms with van der Waals surface area (Å²) in [5.41, 5.74) is 0. The third-order valence-electron chi connectivity index (χ3n) is 29.8. The van der Waals surface area contributed by atoms with E-state index in [1.54, 1.807) is 38.1 Å². The van der Waals surface area contributed by atoms with Crippen LogP contribution in [-0.4, -0.2) is 275 Å². The van der Waals surface area contributed by atoms with Crippen LogP contribution < -0.4 is 16.0 Å². The van der Waals surface area contributed by atoms with Gasteiger partial charge in [-0.05, 0) is 64.2 Å². The van der Waals surface area contributed by atoms with Crippen molar-refractivity contribution < 1.29 is 172 Å². The molecule has 0 saturated carbocycles. The first kappa shape index (κ1) is 83.3. The molecule has 41 unspecified atom stereocenters. The second-order valence-electron chi connectivity index (χ2n) is 35.6. The van der Waals surface area contributed by atoms with Gasteiger partial charge in [0.2, 0.25) is 54.3 Å². The number of ether oxygens (including phenoxy) is 19. The fourth-order valence-electron chi connectivity index (χ4n) is 24.4. The molecule has 0 aromatic heterocycles. The number of rotatable bonds is 4. The molecule has 24 saturated heterocycles. The van der Waals surface area contributed by atoms with Gasteiger partial charge in [-0.1, -0.05) is 60.8 Å². The number of esters is 10. The second-order valence-corrected chi connectivity index (χ2v) is 37.0. The van der Waals surface area contributed by atoms with Crippen LogP contribution in [0.2, 0.25) is 0 Å². The molecule has 43 atom stereocenters. The molecule has 40 heteroatoms. The molecule has 664 valence electrons. The number of carbonyl (C=O) groups excluding carboxylic acids is 16. The zero-order chi connectivity index (χ0) is 86.2. The number of hydrogen-bond acceptors (Lipinski definition) is 37. The maximum Gasteiger partial charge on any atom is 0.320 e. The molecular formula is C84H91N3O36S. The number of methoxy groups -OCH3 is 4. The maximum absolute atomic E-state index is 11.5. The lowest BCUT2D eigenvalue weighted by atomic mass is 9.81. The first-order chi connectivity index (χ1) is 59.8. The van der Waals surface area contributed by atoms with Crippen LogP contribution in [0.15, 0.2) is 60.8 Å². The largest absolute Gasteiger partial charge is 0.469 e. The fraction of sp³-hybridized carbons (Fsp3) is 0.690. The number of amides is 6. The van der Waals surface area contributed by atoms with E-state index in [0.717, 1.165) is 64.2 Å². The molecule has 0 spiro atoms. The van der Waals surface area contributed by atoms with Gasteiger partial charge >= 0.3 is 59.7 Å². The number of thioether (sulfide) groups is 1. The van der Waals surface area contributed by atoms with Gasteiger partial charge in [0.1, 0.15) is 23.7 Å². The zero-order valence-electron chi connectivity index (χ0n) is 67.0. The average Bonchev–Trinajstić information content (AvgIpc) is 1.56. The minimum Gasteiger partial charge on any atom is -0.469 e. The van der Waals surface area contributed by atoms with E-state index < -0.39 is 42.0 Å². The Hall–Kier alpha value is -8.91. The maximum atomic E-state index is 11.5. The minimum atomic E-state index is -0.919. The van der Waals surface area contributed by atoms with Crippen molar-refractivity contribution in [1.29, 1.82) is 0 Å². The molecular weight excluding hydrogens is 1660 g/mol. The van der Waals surface area contributed by atoms with Gasteiger partial charge in [0, 0.05) is 30.6 Å². The number of aliphatic hydroxyl groups excluding tert-OH is 1. The number of carbonyl (C=O) groups is 16. The minimum absolute atomic E-state index is 0.0182. The van der Waals surface area contributed by atoms with Crippen molar-refractivity contribution >= 4 is 107 Å². The van der Waals surface area contributed by atoms with Gasteiger partial charge in [-0.15, -0.1) is 11.8 Å². The van der Waals surface area contributed by atoms with E-state index in [4.69, 9.17) is 71.1 Å². The van der Waals surface area contributed by atoms with Gasteiger partial charge in [-0.25, -0.2) is 0 Å². The summed E-state index contributed by atoms with van der Waals surface area (Å²) in [5.74, 6) is -7.11. The predicted molar refractivity (Wildman–Crippen MR) is 397 cm³/mol. The van der Waals surface area contributed by atoms with Gasteiger partial charge in [-0.2, -0.15) is 0 Å². The SMILES string of the molecule is COC(=O)C1C2C=CC(O2)C1C(=O)OC.CO[C@@H]1OC(=O)C2C3CCC(O3)C21.CO[C@H]1OC(=O)C2C3CCC(O3)C21.O=C1NC(=O)C2C3C=CC(O3)C12.O=C1NC(=O)C2C3C=CC(O3)C12.O=C1NC(=O)C2C3C=CC(S3)C12.O=C1OC(=O)C2C3C=CC(O3)C12.O=C1OC(=O)C2C3CCC(O3)C12.O=C1OC(O)C2C3CCC(O3)C12.O=C1OCC2C3CCC(O3)C12.